The van der Waals surface area contributed by atoms with Gasteiger partial charge in [-0.1, -0.05) is 30.3 Å². The zero-order valence-electron chi connectivity index (χ0n) is 27.8. The summed E-state index contributed by atoms with van der Waals surface area (Å²) in [5, 5.41) is 13.0. The van der Waals surface area contributed by atoms with E-state index in [1.165, 1.54) is 0 Å². The van der Waals surface area contributed by atoms with Crippen LogP contribution in [0.1, 0.15) is 60.8 Å². The highest BCUT2D eigenvalue weighted by atomic mass is 16.6. The number of amides is 4. The lowest BCUT2D eigenvalue weighted by Crippen LogP contribution is -2.53. The number of nitrogen functional groups attached to an aromatic ring is 1. The molecule has 254 valence electrons. The second kappa shape index (κ2) is 14.5. The van der Waals surface area contributed by atoms with Crippen molar-refractivity contribution in [3.8, 4) is 0 Å². The third kappa shape index (κ3) is 7.67. The fourth-order valence-corrected chi connectivity index (χ4v) is 7.78. The molecule has 4 aliphatic heterocycles. The van der Waals surface area contributed by atoms with E-state index in [0.717, 1.165) is 78.8 Å². The van der Waals surface area contributed by atoms with Gasteiger partial charge in [-0.05, 0) is 87.1 Å². The van der Waals surface area contributed by atoms with Crippen molar-refractivity contribution in [2.75, 3.05) is 56.9 Å². The molecule has 47 heavy (non-hydrogen) atoms. The van der Waals surface area contributed by atoms with Crippen LogP contribution in [-0.2, 0) is 22.4 Å². The zero-order chi connectivity index (χ0) is 33.1. The quantitative estimate of drug-likeness (QED) is 0.406. The Morgan fingerprint density at radius 2 is 1.51 bits per heavy atom. The van der Waals surface area contributed by atoms with Crippen LogP contribution in [-0.4, -0.2) is 113 Å². The van der Waals surface area contributed by atoms with Gasteiger partial charge in [0.05, 0.1) is 6.10 Å². The number of benzene rings is 2. The molecule has 2 aromatic rings. The van der Waals surface area contributed by atoms with Crippen molar-refractivity contribution in [1.82, 2.24) is 19.6 Å². The van der Waals surface area contributed by atoms with Crippen LogP contribution < -0.4 is 11.1 Å². The fourth-order valence-electron chi connectivity index (χ4n) is 7.78. The summed E-state index contributed by atoms with van der Waals surface area (Å²) in [6.45, 7) is 8.46. The number of fused-ring (bicyclic) bond motifs is 1. The van der Waals surface area contributed by atoms with Crippen molar-refractivity contribution in [3.63, 3.8) is 0 Å². The van der Waals surface area contributed by atoms with E-state index in [2.05, 4.69) is 10.2 Å². The van der Waals surface area contributed by atoms with Crippen LogP contribution >= 0.6 is 0 Å². The van der Waals surface area contributed by atoms with Gasteiger partial charge in [-0.15, -0.1) is 0 Å². The van der Waals surface area contributed by atoms with Crippen LogP contribution in [0.4, 0.5) is 21.0 Å². The second-order valence-corrected chi connectivity index (χ2v) is 13.8. The van der Waals surface area contributed by atoms with Crippen LogP contribution in [0.5, 0.6) is 0 Å². The maximum Gasteiger partial charge on any atom is 0.410 e. The lowest BCUT2D eigenvalue weighted by molar-refractivity contribution is -0.142. The van der Waals surface area contributed by atoms with Gasteiger partial charge in [0.1, 0.15) is 0 Å². The number of aliphatic hydroxyl groups excluding tert-OH is 1. The number of aliphatic hydroxyl groups is 1. The topological polar surface area (TPSA) is 132 Å². The minimum Gasteiger partial charge on any atom is -0.436 e. The molecule has 4 aliphatic rings. The lowest BCUT2D eigenvalue weighted by atomic mass is 9.97. The SMILES string of the molecule is Cc1cc(C[C@@H](OC(=O)N2CCC(N3CCc4ccccc4NC3=O)CC2)C(=O)N2CCC(N3CCC(O)CC3)CC2)cc(C)c1N. The summed E-state index contributed by atoms with van der Waals surface area (Å²) in [6, 6.07) is 12.2. The summed E-state index contributed by atoms with van der Waals surface area (Å²) in [4.78, 5) is 48.6. The number of carbonyl (C=O) groups is 3. The zero-order valence-corrected chi connectivity index (χ0v) is 27.8. The molecule has 0 radical (unpaired) electrons. The number of urea groups is 1. The second-order valence-electron chi connectivity index (χ2n) is 13.8. The molecule has 4 N–H and O–H groups in total. The highest BCUT2D eigenvalue weighted by molar-refractivity contribution is 5.91. The Hall–Kier alpha value is -3.83. The monoisotopic (exact) mass is 646 g/mol. The summed E-state index contributed by atoms with van der Waals surface area (Å²) in [5.41, 5.74) is 11.7. The molecule has 2 aromatic carbocycles. The third-order valence-electron chi connectivity index (χ3n) is 10.7. The van der Waals surface area contributed by atoms with Crippen LogP contribution in [0.25, 0.3) is 0 Å². The molecule has 11 nitrogen and oxygen atoms in total. The molecule has 0 unspecified atom stereocenters. The molecule has 1 atom stereocenters. The first-order chi connectivity index (χ1) is 22.7. The molecule has 3 fully saturated rings. The smallest absolute Gasteiger partial charge is 0.410 e. The number of para-hydroxylation sites is 1. The minimum absolute atomic E-state index is 0.0241. The van der Waals surface area contributed by atoms with Gasteiger partial charge in [0.15, 0.2) is 6.10 Å². The largest absolute Gasteiger partial charge is 0.436 e. The van der Waals surface area contributed by atoms with Gasteiger partial charge >= 0.3 is 12.1 Å². The summed E-state index contributed by atoms with van der Waals surface area (Å²) in [5.74, 6) is -0.159. The standard InChI is InChI=1S/C36H50N6O5/c1-24-21-26(22-25(2)33(24)37)23-32(34(44)40-14-8-28(9-15-40)39-18-12-30(43)13-19-39)47-36(46)41-16-10-29(11-17-41)42-20-7-27-5-3-4-6-31(27)38-35(42)45/h3-6,21-22,28-30,32,43H,7-20,23,37H2,1-2H3,(H,38,45)/t32-/m1/s1. The first-order valence-electron chi connectivity index (χ1n) is 17.3. The normalized spacial score (nSPS) is 21.2. The van der Waals surface area contributed by atoms with Gasteiger partial charge in [0.2, 0.25) is 0 Å². The van der Waals surface area contributed by atoms with E-state index in [1.54, 1.807) is 4.90 Å². The van der Waals surface area contributed by atoms with Crippen molar-refractivity contribution < 1.29 is 24.2 Å². The average Bonchev–Trinajstić information content (AvgIpc) is 3.25. The fraction of sp³-hybridized carbons (Fsp3) is 0.583. The van der Waals surface area contributed by atoms with E-state index in [0.29, 0.717) is 51.6 Å². The molecule has 0 saturated carbocycles. The number of hydrogen-bond donors (Lipinski definition) is 3. The molecule has 0 bridgehead atoms. The minimum atomic E-state index is -0.945. The van der Waals surface area contributed by atoms with Crippen molar-refractivity contribution in [2.45, 2.75) is 89.5 Å². The Bertz CT molecular complexity index is 1420. The maximum absolute atomic E-state index is 14.0. The highest BCUT2D eigenvalue weighted by Crippen LogP contribution is 2.27. The first kappa shape index (κ1) is 33.1. The van der Waals surface area contributed by atoms with Crippen LogP contribution in [0, 0.1) is 13.8 Å². The van der Waals surface area contributed by atoms with Gasteiger partial charge in [-0.25, -0.2) is 9.59 Å². The Morgan fingerprint density at radius 1 is 0.894 bits per heavy atom. The van der Waals surface area contributed by atoms with Crippen LogP contribution in [0.15, 0.2) is 36.4 Å². The van der Waals surface area contributed by atoms with Crippen LogP contribution in [0.2, 0.25) is 0 Å². The number of nitrogens with zero attached hydrogens (tertiary/aromatic N) is 4. The molecule has 3 saturated heterocycles. The summed E-state index contributed by atoms with van der Waals surface area (Å²) in [7, 11) is 0. The molecular weight excluding hydrogens is 596 g/mol. The maximum atomic E-state index is 14.0. The molecule has 11 heteroatoms. The predicted molar refractivity (Wildman–Crippen MR) is 181 cm³/mol. The van der Waals surface area contributed by atoms with E-state index in [9.17, 15) is 19.5 Å². The lowest BCUT2D eigenvalue weighted by Gasteiger charge is -2.41. The van der Waals surface area contributed by atoms with Gasteiger partial charge in [-0.3, -0.25) is 4.79 Å². The molecule has 0 aliphatic carbocycles. The Labute approximate surface area is 278 Å². The number of anilines is 2. The van der Waals surface area contributed by atoms with Crippen molar-refractivity contribution >= 4 is 29.4 Å². The Kier molecular flexibility index (Phi) is 10.2. The highest BCUT2D eigenvalue weighted by Gasteiger charge is 2.36. The van der Waals surface area contributed by atoms with E-state index >= 15 is 0 Å². The Morgan fingerprint density at radius 3 is 2.19 bits per heavy atom. The first-order valence-corrected chi connectivity index (χ1v) is 17.3. The molecule has 4 amide bonds. The molecule has 6 rings (SSSR count). The number of rotatable bonds is 6. The molecule has 0 aromatic heterocycles. The van der Waals surface area contributed by atoms with Gasteiger partial charge in [0.25, 0.3) is 5.91 Å². The number of hydrogen-bond acceptors (Lipinski definition) is 7. The van der Waals surface area contributed by atoms with Crippen molar-refractivity contribution in [3.05, 3.63) is 58.7 Å². The summed E-state index contributed by atoms with van der Waals surface area (Å²) < 4.78 is 6.07. The summed E-state index contributed by atoms with van der Waals surface area (Å²) in [6.07, 6.45) is 4.05. The number of carbonyl (C=O) groups excluding carboxylic acids is 3. The number of ether oxygens (including phenoxy) is 1. The summed E-state index contributed by atoms with van der Waals surface area (Å²) >= 11 is 0. The Balaban J connectivity index is 1.08. The number of nitrogens with one attached hydrogen (secondary N) is 1. The molecule has 0 spiro atoms. The van der Waals surface area contributed by atoms with E-state index < -0.39 is 12.2 Å². The predicted octanol–water partition coefficient (Wildman–Crippen LogP) is 3.94. The molecular formula is C36H50N6O5. The third-order valence-corrected chi connectivity index (χ3v) is 10.7. The van der Waals surface area contributed by atoms with Gasteiger partial charge < -0.3 is 40.5 Å². The van der Waals surface area contributed by atoms with Gasteiger partial charge in [0, 0.05) is 75.7 Å². The van der Waals surface area contributed by atoms with E-state index in [1.807, 2.05) is 60.0 Å². The van der Waals surface area contributed by atoms with Crippen molar-refractivity contribution in [1.29, 1.82) is 0 Å². The van der Waals surface area contributed by atoms with E-state index in [-0.39, 0.29) is 30.5 Å². The van der Waals surface area contributed by atoms with Gasteiger partial charge in [-0.2, -0.15) is 0 Å². The van der Waals surface area contributed by atoms with Crippen molar-refractivity contribution in [2.24, 2.45) is 0 Å². The number of likely N-dealkylation sites (tertiary alicyclic amines) is 3. The average molecular weight is 647 g/mol. The number of piperidine rings is 3. The van der Waals surface area contributed by atoms with Crippen LogP contribution in [0.3, 0.4) is 0 Å². The molecule has 4 heterocycles. The number of nitrogens with two attached hydrogens (primary N) is 1. The number of aryl methyl sites for hydroxylation is 2. The van der Waals surface area contributed by atoms with E-state index in [4.69, 9.17) is 10.5 Å².